The van der Waals surface area contributed by atoms with Crippen LogP contribution in [0.5, 0.6) is 11.5 Å². The summed E-state index contributed by atoms with van der Waals surface area (Å²) in [7, 11) is 1.52. The van der Waals surface area contributed by atoms with Gasteiger partial charge in [0.15, 0.2) is 6.29 Å². The number of hydrogen-bond acceptors (Lipinski definition) is 3. The molecule has 0 amide bonds. The number of rotatable bonds is 5. The van der Waals surface area contributed by atoms with E-state index in [1.54, 1.807) is 12.1 Å². The van der Waals surface area contributed by atoms with Crippen LogP contribution in [0.1, 0.15) is 23.7 Å². The standard InChI is InChI=1S/C11H13ClO3/c1-3-4-15-11-8(7-13)5-9(14-2)6-10(11)12/h5-7H,3-4H2,1-2H3. The highest BCUT2D eigenvalue weighted by Gasteiger charge is 2.10. The van der Waals surface area contributed by atoms with Gasteiger partial charge < -0.3 is 9.47 Å². The molecule has 0 fully saturated rings. The lowest BCUT2D eigenvalue weighted by atomic mass is 10.2. The Morgan fingerprint density at radius 3 is 2.73 bits per heavy atom. The van der Waals surface area contributed by atoms with E-state index in [0.29, 0.717) is 35.0 Å². The summed E-state index contributed by atoms with van der Waals surface area (Å²) in [5.41, 5.74) is 0.410. The first-order valence-corrected chi connectivity index (χ1v) is 5.06. The highest BCUT2D eigenvalue weighted by atomic mass is 35.5. The molecule has 0 N–H and O–H groups in total. The highest BCUT2D eigenvalue weighted by Crippen LogP contribution is 2.32. The number of benzene rings is 1. The smallest absolute Gasteiger partial charge is 0.153 e. The number of ether oxygens (including phenoxy) is 2. The van der Waals surface area contributed by atoms with Gasteiger partial charge in [-0.2, -0.15) is 0 Å². The molecule has 1 aromatic rings. The van der Waals surface area contributed by atoms with Crippen LogP contribution in [-0.4, -0.2) is 20.0 Å². The molecule has 0 aliphatic rings. The summed E-state index contributed by atoms with van der Waals surface area (Å²) >= 11 is 5.96. The Morgan fingerprint density at radius 2 is 2.20 bits per heavy atom. The van der Waals surface area contributed by atoms with Crippen LogP contribution in [-0.2, 0) is 0 Å². The van der Waals surface area contributed by atoms with Gasteiger partial charge in [-0.25, -0.2) is 0 Å². The van der Waals surface area contributed by atoms with Crippen LogP contribution in [0.25, 0.3) is 0 Å². The molecule has 0 radical (unpaired) electrons. The van der Waals surface area contributed by atoms with Gasteiger partial charge in [-0.15, -0.1) is 0 Å². The molecule has 3 nitrogen and oxygen atoms in total. The maximum Gasteiger partial charge on any atom is 0.153 e. The molecule has 0 saturated heterocycles. The first-order valence-electron chi connectivity index (χ1n) is 4.68. The molecule has 0 bridgehead atoms. The second-order valence-electron chi connectivity index (χ2n) is 2.99. The van der Waals surface area contributed by atoms with Crippen LogP contribution in [0.15, 0.2) is 12.1 Å². The lowest BCUT2D eigenvalue weighted by molar-refractivity contribution is 0.111. The fraction of sp³-hybridized carbons (Fsp3) is 0.364. The number of methoxy groups -OCH3 is 1. The molecular formula is C11H13ClO3. The third-order valence-electron chi connectivity index (χ3n) is 1.86. The summed E-state index contributed by atoms with van der Waals surface area (Å²) in [6.07, 6.45) is 1.57. The van der Waals surface area contributed by atoms with Crippen molar-refractivity contribution in [3.63, 3.8) is 0 Å². The van der Waals surface area contributed by atoms with E-state index in [2.05, 4.69) is 0 Å². The molecule has 1 rings (SSSR count). The maximum absolute atomic E-state index is 10.8. The van der Waals surface area contributed by atoms with Crippen LogP contribution in [0.4, 0.5) is 0 Å². The fourth-order valence-corrected chi connectivity index (χ4v) is 1.42. The van der Waals surface area contributed by atoms with Crippen LogP contribution in [0.2, 0.25) is 5.02 Å². The minimum atomic E-state index is 0.393. The number of hydrogen-bond donors (Lipinski definition) is 0. The Hall–Kier alpha value is -1.22. The van der Waals surface area contributed by atoms with E-state index in [1.165, 1.54) is 7.11 Å². The first kappa shape index (κ1) is 11.9. The summed E-state index contributed by atoms with van der Waals surface area (Å²) < 4.78 is 10.4. The van der Waals surface area contributed by atoms with Gasteiger partial charge in [-0.3, -0.25) is 4.79 Å². The third kappa shape index (κ3) is 2.86. The van der Waals surface area contributed by atoms with Gasteiger partial charge in [0.2, 0.25) is 0 Å². The van der Waals surface area contributed by atoms with Crippen molar-refractivity contribution in [1.82, 2.24) is 0 Å². The second-order valence-corrected chi connectivity index (χ2v) is 3.40. The molecule has 0 spiro atoms. The van der Waals surface area contributed by atoms with Crippen molar-refractivity contribution in [2.24, 2.45) is 0 Å². The van der Waals surface area contributed by atoms with Crippen molar-refractivity contribution in [1.29, 1.82) is 0 Å². The molecule has 0 aliphatic heterocycles. The van der Waals surface area contributed by atoms with Crippen LogP contribution < -0.4 is 9.47 Å². The second kappa shape index (κ2) is 5.61. The zero-order valence-corrected chi connectivity index (χ0v) is 9.50. The normalized spacial score (nSPS) is 9.80. The molecule has 0 heterocycles. The summed E-state index contributed by atoms with van der Waals surface area (Å²) in [5.74, 6) is 0.972. The Labute approximate surface area is 93.9 Å². The van der Waals surface area contributed by atoms with Crippen LogP contribution in [0.3, 0.4) is 0 Å². The Bertz CT molecular complexity index is 350. The number of carbonyl (C=O) groups excluding carboxylic acids is 1. The maximum atomic E-state index is 10.8. The van der Waals surface area contributed by atoms with Crippen molar-refractivity contribution in [3.05, 3.63) is 22.7 Å². The summed E-state index contributed by atoms with van der Waals surface area (Å²) in [5, 5.41) is 0.393. The third-order valence-corrected chi connectivity index (χ3v) is 2.14. The largest absolute Gasteiger partial charge is 0.497 e. The number of aldehydes is 1. The Kier molecular flexibility index (Phi) is 4.43. The molecule has 15 heavy (non-hydrogen) atoms. The van der Waals surface area contributed by atoms with E-state index in [-0.39, 0.29) is 0 Å². The minimum Gasteiger partial charge on any atom is -0.497 e. The van der Waals surface area contributed by atoms with Gasteiger partial charge >= 0.3 is 0 Å². The molecule has 4 heteroatoms. The lowest BCUT2D eigenvalue weighted by Gasteiger charge is -2.10. The van der Waals surface area contributed by atoms with E-state index in [1.807, 2.05) is 6.92 Å². The van der Waals surface area contributed by atoms with Gasteiger partial charge in [0.1, 0.15) is 11.5 Å². The first-order chi connectivity index (χ1) is 7.22. The monoisotopic (exact) mass is 228 g/mol. The highest BCUT2D eigenvalue weighted by molar-refractivity contribution is 6.32. The molecule has 0 aliphatic carbocycles. The molecule has 0 atom stereocenters. The van der Waals surface area contributed by atoms with E-state index in [0.717, 1.165) is 6.42 Å². The summed E-state index contributed by atoms with van der Waals surface area (Å²) in [6.45, 7) is 2.52. The average Bonchev–Trinajstić information content (AvgIpc) is 2.26. The Balaban J connectivity index is 3.07. The van der Waals surface area contributed by atoms with Crippen molar-refractivity contribution < 1.29 is 14.3 Å². The molecular weight excluding hydrogens is 216 g/mol. The predicted octanol–water partition coefficient (Wildman–Crippen LogP) is 2.95. The zero-order valence-electron chi connectivity index (χ0n) is 8.75. The zero-order chi connectivity index (χ0) is 11.3. The average molecular weight is 229 g/mol. The van der Waals surface area contributed by atoms with Crippen molar-refractivity contribution >= 4 is 17.9 Å². The Morgan fingerprint density at radius 1 is 1.47 bits per heavy atom. The van der Waals surface area contributed by atoms with Gasteiger partial charge in [0.25, 0.3) is 0 Å². The van der Waals surface area contributed by atoms with E-state index in [9.17, 15) is 4.79 Å². The minimum absolute atomic E-state index is 0.393. The number of carbonyl (C=O) groups is 1. The fourth-order valence-electron chi connectivity index (χ4n) is 1.15. The lowest BCUT2D eigenvalue weighted by Crippen LogP contribution is -2.00. The van der Waals surface area contributed by atoms with E-state index in [4.69, 9.17) is 21.1 Å². The van der Waals surface area contributed by atoms with Crippen molar-refractivity contribution in [2.75, 3.05) is 13.7 Å². The predicted molar refractivity (Wildman–Crippen MR) is 59.2 cm³/mol. The quantitative estimate of drug-likeness (QED) is 0.727. The number of halogens is 1. The topological polar surface area (TPSA) is 35.5 Å². The van der Waals surface area contributed by atoms with Gasteiger partial charge in [0.05, 0.1) is 24.3 Å². The SMILES string of the molecule is CCCOc1c(Cl)cc(OC)cc1C=O. The van der Waals surface area contributed by atoms with Crippen LogP contribution in [0, 0.1) is 0 Å². The van der Waals surface area contributed by atoms with Crippen LogP contribution >= 0.6 is 11.6 Å². The molecule has 82 valence electrons. The van der Waals surface area contributed by atoms with Gasteiger partial charge in [-0.1, -0.05) is 18.5 Å². The van der Waals surface area contributed by atoms with Crippen molar-refractivity contribution in [2.45, 2.75) is 13.3 Å². The molecule has 0 unspecified atom stereocenters. The molecule has 0 saturated carbocycles. The molecule has 1 aromatic carbocycles. The van der Waals surface area contributed by atoms with Gasteiger partial charge in [0, 0.05) is 6.07 Å². The summed E-state index contributed by atoms with van der Waals surface area (Å²) in [4.78, 5) is 10.8. The summed E-state index contributed by atoms with van der Waals surface area (Å²) in [6, 6.07) is 3.23. The molecule has 0 aromatic heterocycles. The van der Waals surface area contributed by atoms with E-state index >= 15 is 0 Å². The van der Waals surface area contributed by atoms with Crippen molar-refractivity contribution in [3.8, 4) is 11.5 Å². The van der Waals surface area contributed by atoms with E-state index < -0.39 is 0 Å². The van der Waals surface area contributed by atoms with Gasteiger partial charge in [-0.05, 0) is 12.5 Å².